The average Bonchev–Trinajstić information content (AvgIpc) is 3.38. The summed E-state index contributed by atoms with van der Waals surface area (Å²) < 4.78 is 23.9. The van der Waals surface area contributed by atoms with Crippen LogP contribution in [0.2, 0.25) is 0 Å². The molecule has 28 heavy (non-hydrogen) atoms. The zero-order valence-electron chi connectivity index (χ0n) is 15.3. The zero-order valence-corrected chi connectivity index (χ0v) is 15.3. The van der Waals surface area contributed by atoms with Crippen molar-refractivity contribution >= 4 is 11.7 Å². The molecule has 8 heteroatoms. The van der Waals surface area contributed by atoms with Crippen LogP contribution in [0.3, 0.4) is 0 Å². The minimum absolute atomic E-state index is 0.238. The van der Waals surface area contributed by atoms with E-state index in [1.807, 2.05) is 0 Å². The first-order valence-corrected chi connectivity index (χ1v) is 8.95. The van der Waals surface area contributed by atoms with Crippen molar-refractivity contribution in [3.63, 3.8) is 0 Å². The number of methoxy groups -OCH3 is 1. The summed E-state index contributed by atoms with van der Waals surface area (Å²) >= 11 is 0. The number of aromatic nitrogens is 2. The quantitative estimate of drug-likeness (QED) is 0.729. The van der Waals surface area contributed by atoms with E-state index in [0.29, 0.717) is 35.3 Å². The monoisotopic (exact) mass is 382 g/mol. The molecule has 0 bridgehead atoms. The molecule has 1 saturated heterocycles. The summed E-state index contributed by atoms with van der Waals surface area (Å²) in [5.41, 5.74) is 1.20. The molecular weight excluding hydrogens is 363 g/mol. The predicted molar refractivity (Wildman–Crippen MR) is 100 cm³/mol. The highest BCUT2D eigenvalue weighted by Crippen LogP contribution is 2.32. The summed E-state index contributed by atoms with van der Waals surface area (Å²) in [6.07, 6.45) is 1.55. The summed E-state index contributed by atoms with van der Waals surface area (Å²) in [7, 11) is 1.59. The van der Waals surface area contributed by atoms with Crippen LogP contribution in [0.5, 0.6) is 5.75 Å². The van der Waals surface area contributed by atoms with E-state index in [0.717, 1.165) is 12.8 Å². The summed E-state index contributed by atoms with van der Waals surface area (Å²) in [5.74, 6) is 0.997. The molecule has 4 rings (SSSR count). The number of halogens is 1. The zero-order chi connectivity index (χ0) is 19.5. The molecule has 1 atom stereocenters. The molecular formula is C20H19FN4O3. The third-order valence-electron chi connectivity index (χ3n) is 4.66. The highest BCUT2D eigenvalue weighted by Gasteiger charge is 2.34. The van der Waals surface area contributed by atoms with E-state index in [-0.39, 0.29) is 17.9 Å². The smallest absolute Gasteiger partial charge is 0.322 e. The molecule has 3 aromatic rings. The summed E-state index contributed by atoms with van der Waals surface area (Å²) in [4.78, 5) is 18.8. The number of hydrogen-bond donors (Lipinski definition) is 1. The van der Waals surface area contributed by atoms with Crippen LogP contribution in [-0.2, 0) is 0 Å². The molecule has 0 aliphatic carbocycles. The van der Waals surface area contributed by atoms with Crippen LogP contribution >= 0.6 is 0 Å². The SMILES string of the molecule is COc1ccc(NC(=O)N2CCC[C@H]2c2nc(-c3cccc(F)c3)no2)cc1. The van der Waals surface area contributed by atoms with Gasteiger partial charge in [-0.3, -0.25) is 0 Å². The molecule has 0 unspecified atom stereocenters. The van der Waals surface area contributed by atoms with Gasteiger partial charge in [-0.15, -0.1) is 0 Å². The van der Waals surface area contributed by atoms with Crippen molar-refractivity contribution in [1.82, 2.24) is 15.0 Å². The molecule has 1 aliphatic rings. The first kappa shape index (κ1) is 18.0. The van der Waals surface area contributed by atoms with Crippen LogP contribution in [0.25, 0.3) is 11.4 Å². The van der Waals surface area contributed by atoms with E-state index >= 15 is 0 Å². The molecule has 2 aromatic carbocycles. The van der Waals surface area contributed by atoms with Gasteiger partial charge in [-0.1, -0.05) is 17.3 Å². The summed E-state index contributed by atoms with van der Waals surface area (Å²) in [6, 6.07) is 12.6. The lowest BCUT2D eigenvalue weighted by Gasteiger charge is -2.22. The first-order chi connectivity index (χ1) is 13.6. The largest absolute Gasteiger partial charge is 0.497 e. The van der Waals surface area contributed by atoms with Gasteiger partial charge >= 0.3 is 6.03 Å². The minimum atomic E-state index is -0.370. The molecule has 0 spiro atoms. The molecule has 0 radical (unpaired) electrons. The average molecular weight is 382 g/mol. The van der Waals surface area contributed by atoms with E-state index in [4.69, 9.17) is 9.26 Å². The normalized spacial score (nSPS) is 16.2. The molecule has 2 heterocycles. The van der Waals surface area contributed by atoms with Crippen molar-refractivity contribution in [3.05, 3.63) is 60.2 Å². The molecule has 7 nitrogen and oxygen atoms in total. The van der Waals surface area contributed by atoms with Crippen molar-refractivity contribution in [2.45, 2.75) is 18.9 Å². The van der Waals surface area contributed by atoms with Gasteiger partial charge in [0.2, 0.25) is 11.7 Å². The van der Waals surface area contributed by atoms with Crippen LogP contribution in [0, 0.1) is 5.82 Å². The van der Waals surface area contributed by atoms with E-state index in [1.54, 1.807) is 48.4 Å². The number of urea groups is 1. The Morgan fingerprint density at radius 1 is 1.29 bits per heavy atom. The number of amides is 2. The number of nitrogens with one attached hydrogen (secondary N) is 1. The van der Waals surface area contributed by atoms with Gasteiger partial charge in [0.1, 0.15) is 17.6 Å². The van der Waals surface area contributed by atoms with Crippen LogP contribution < -0.4 is 10.1 Å². The fraction of sp³-hybridized carbons (Fsp3) is 0.250. The molecule has 2 amide bonds. The van der Waals surface area contributed by atoms with Gasteiger partial charge < -0.3 is 19.5 Å². The second-order valence-electron chi connectivity index (χ2n) is 6.48. The van der Waals surface area contributed by atoms with Crippen LogP contribution in [0.1, 0.15) is 24.8 Å². The van der Waals surface area contributed by atoms with Crippen LogP contribution in [0.4, 0.5) is 14.9 Å². The molecule has 0 saturated carbocycles. The highest BCUT2D eigenvalue weighted by molar-refractivity contribution is 5.89. The highest BCUT2D eigenvalue weighted by atomic mass is 19.1. The number of rotatable bonds is 4. The standard InChI is InChI=1S/C20H19FN4O3/c1-27-16-9-7-15(8-10-16)22-20(26)25-11-3-6-17(25)19-23-18(24-28-19)13-4-2-5-14(21)12-13/h2,4-5,7-10,12,17H,3,6,11H2,1H3,(H,22,26)/t17-/m0/s1. The van der Waals surface area contributed by atoms with Gasteiger partial charge in [-0.05, 0) is 49.2 Å². The Labute approximate surface area is 161 Å². The molecule has 1 N–H and O–H groups in total. The number of carbonyl (C=O) groups excluding carboxylic acids is 1. The van der Waals surface area contributed by atoms with E-state index < -0.39 is 0 Å². The van der Waals surface area contributed by atoms with Gasteiger partial charge in [0.05, 0.1) is 7.11 Å². The number of carbonyl (C=O) groups is 1. The fourth-order valence-corrected chi connectivity index (χ4v) is 3.25. The third kappa shape index (κ3) is 3.66. The van der Waals surface area contributed by atoms with E-state index in [2.05, 4.69) is 15.5 Å². The van der Waals surface area contributed by atoms with Crippen molar-refractivity contribution in [2.24, 2.45) is 0 Å². The maximum atomic E-state index is 13.4. The Morgan fingerprint density at radius 3 is 2.86 bits per heavy atom. The number of benzene rings is 2. The van der Waals surface area contributed by atoms with E-state index in [1.165, 1.54) is 12.1 Å². The second kappa shape index (κ2) is 7.67. The Kier molecular flexibility index (Phi) is 4.92. The minimum Gasteiger partial charge on any atom is -0.497 e. The van der Waals surface area contributed by atoms with Crippen molar-refractivity contribution in [3.8, 4) is 17.1 Å². The van der Waals surface area contributed by atoms with E-state index in [9.17, 15) is 9.18 Å². The molecule has 144 valence electrons. The number of nitrogens with zero attached hydrogens (tertiary/aromatic N) is 3. The Hall–Kier alpha value is -3.42. The lowest BCUT2D eigenvalue weighted by molar-refractivity contribution is 0.193. The van der Waals surface area contributed by atoms with Crippen molar-refractivity contribution in [2.75, 3.05) is 19.0 Å². The van der Waals surface area contributed by atoms with Gasteiger partial charge in [0.25, 0.3) is 0 Å². The lowest BCUT2D eigenvalue weighted by atomic mass is 10.2. The van der Waals surface area contributed by atoms with Gasteiger partial charge in [-0.2, -0.15) is 4.98 Å². The molecule has 1 aromatic heterocycles. The van der Waals surface area contributed by atoms with Crippen molar-refractivity contribution in [1.29, 1.82) is 0 Å². The van der Waals surface area contributed by atoms with Gasteiger partial charge in [0, 0.05) is 17.8 Å². The summed E-state index contributed by atoms with van der Waals surface area (Å²) in [5, 5.41) is 6.82. The fourth-order valence-electron chi connectivity index (χ4n) is 3.25. The maximum absolute atomic E-state index is 13.4. The number of likely N-dealkylation sites (tertiary alicyclic amines) is 1. The Morgan fingerprint density at radius 2 is 2.11 bits per heavy atom. The molecule has 1 fully saturated rings. The van der Waals surface area contributed by atoms with Crippen molar-refractivity contribution < 1.29 is 18.4 Å². The topological polar surface area (TPSA) is 80.5 Å². The number of hydrogen-bond acceptors (Lipinski definition) is 5. The predicted octanol–water partition coefficient (Wildman–Crippen LogP) is 4.25. The number of ether oxygens (including phenoxy) is 1. The second-order valence-corrected chi connectivity index (χ2v) is 6.48. The van der Waals surface area contributed by atoms with Crippen LogP contribution in [-0.4, -0.2) is 34.7 Å². The Balaban J connectivity index is 1.49. The van der Waals surface area contributed by atoms with Gasteiger partial charge in [0.15, 0.2) is 0 Å². The van der Waals surface area contributed by atoms with Gasteiger partial charge in [-0.25, -0.2) is 9.18 Å². The Bertz CT molecular complexity index is 974. The van der Waals surface area contributed by atoms with Crippen LogP contribution in [0.15, 0.2) is 53.1 Å². The maximum Gasteiger partial charge on any atom is 0.322 e. The number of anilines is 1. The lowest BCUT2D eigenvalue weighted by Crippen LogP contribution is -2.34. The summed E-state index contributed by atoms with van der Waals surface area (Å²) in [6.45, 7) is 0.588. The first-order valence-electron chi connectivity index (χ1n) is 8.95. The molecule has 1 aliphatic heterocycles. The third-order valence-corrected chi connectivity index (χ3v) is 4.66.